The number of ether oxygens (including phenoxy) is 1. The van der Waals surface area contributed by atoms with Crippen LogP contribution in [-0.4, -0.2) is 24.0 Å². The zero-order valence-corrected chi connectivity index (χ0v) is 14.9. The summed E-state index contributed by atoms with van der Waals surface area (Å²) in [6.07, 6.45) is 1.42. The lowest BCUT2D eigenvalue weighted by Gasteiger charge is -2.14. The van der Waals surface area contributed by atoms with Gasteiger partial charge in [-0.25, -0.2) is 4.39 Å². The number of benzene rings is 2. The highest BCUT2D eigenvalue weighted by molar-refractivity contribution is 5.95. The highest BCUT2D eigenvalue weighted by atomic mass is 19.1. The molecule has 2 aromatic carbocycles. The van der Waals surface area contributed by atoms with Gasteiger partial charge in [0.2, 0.25) is 0 Å². The summed E-state index contributed by atoms with van der Waals surface area (Å²) in [5.41, 5.74) is 0.556. The van der Waals surface area contributed by atoms with E-state index in [0.29, 0.717) is 6.42 Å². The van der Waals surface area contributed by atoms with E-state index in [0.717, 1.165) is 29.9 Å². The van der Waals surface area contributed by atoms with Crippen LogP contribution in [0, 0.1) is 22.9 Å². The third-order valence-corrected chi connectivity index (χ3v) is 4.18. The molecule has 26 heavy (non-hydrogen) atoms. The highest BCUT2D eigenvalue weighted by Gasteiger charge is 2.20. The number of amides is 1. The molecule has 6 nitrogen and oxygen atoms in total. The predicted octanol–water partition coefficient (Wildman–Crippen LogP) is 3.80. The Morgan fingerprint density at radius 2 is 1.96 bits per heavy atom. The van der Waals surface area contributed by atoms with E-state index in [9.17, 15) is 19.3 Å². The minimum atomic E-state index is -0.768. The summed E-state index contributed by atoms with van der Waals surface area (Å²) in [7, 11) is 1.60. The molecule has 2 rings (SSSR count). The zero-order chi connectivity index (χ0) is 19.3. The van der Waals surface area contributed by atoms with Crippen LogP contribution in [0.1, 0.15) is 34.8 Å². The van der Waals surface area contributed by atoms with Gasteiger partial charge in [-0.05, 0) is 50.5 Å². The minimum absolute atomic E-state index is 0.0592. The van der Waals surface area contributed by atoms with E-state index in [1.807, 2.05) is 31.2 Å². The number of methoxy groups -OCH3 is 1. The second-order valence-electron chi connectivity index (χ2n) is 6.12. The van der Waals surface area contributed by atoms with Crippen molar-refractivity contribution in [3.63, 3.8) is 0 Å². The van der Waals surface area contributed by atoms with Crippen molar-refractivity contribution in [2.24, 2.45) is 0 Å². The van der Waals surface area contributed by atoms with Crippen LogP contribution in [0.5, 0.6) is 5.75 Å². The summed E-state index contributed by atoms with van der Waals surface area (Å²) in [4.78, 5) is 22.6. The number of halogens is 1. The van der Waals surface area contributed by atoms with Crippen LogP contribution in [-0.2, 0) is 6.42 Å². The van der Waals surface area contributed by atoms with Crippen LogP contribution in [0.25, 0.3) is 0 Å². The first-order valence-electron chi connectivity index (χ1n) is 8.20. The Labute approximate surface area is 151 Å². The van der Waals surface area contributed by atoms with Gasteiger partial charge < -0.3 is 10.1 Å². The fourth-order valence-electron chi connectivity index (χ4n) is 2.54. The molecule has 2 aromatic rings. The number of carbonyl (C=O) groups is 1. The van der Waals surface area contributed by atoms with Crippen LogP contribution in [0.2, 0.25) is 0 Å². The van der Waals surface area contributed by atoms with Crippen molar-refractivity contribution in [1.29, 1.82) is 0 Å². The Kier molecular flexibility index (Phi) is 6.27. The lowest BCUT2D eigenvalue weighted by Crippen LogP contribution is -2.33. The largest absolute Gasteiger partial charge is 0.497 e. The van der Waals surface area contributed by atoms with E-state index >= 15 is 0 Å². The van der Waals surface area contributed by atoms with Crippen molar-refractivity contribution in [3.05, 3.63) is 69.0 Å². The van der Waals surface area contributed by atoms with Gasteiger partial charge in [-0.3, -0.25) is 14.9 Å². The van der Waals surface area contributed by atoms with E-state index in [-0.39, 0.29) is 17.2 Å². The number of hydrogen-bond donors (Lipinski definition) is 1. The Morgan fingerprint density at radius 3 is 2.54 bits per heavy atom. The number of carbonyl (C=O) groups excluding carboxylic acids is 1. The summed E-state index contributed by atoms with van der Waals surface area (Å²) in [6, 6.07) is 9.59. The molecule has 0 aromatic heterocycles. The molecule has 0 aliphatic carbocycles. The van der Waals surface area contributed by atoms with Crippen molar-refractivity contribution in [3.8, 4) is 5.75 Å². The normalized spacial score (nSPS) is 11.7. The van der Waals surface area contributed by atoms with Crippen molar-refractivity contribution >= 4 is 11.6 Å². The molecule has 1 N–H and O–H groups in total. The van der Waals surface area contributed by atoms with E-state index in [1.165, 1.54) is 6.92 Å². The Bertz CT molecular complexity index is 806. The van der Waals surface area contributed by atoms with E-state index < -0.39 is 22.3 Å². The SMILES string of the molecule is COc1ccc(CCC(C)NC(=O)c2cc(F)c(C)c([N+](=O)[O-])c2)cc1. The summed E-state index contributed by atoms with van der Waals surface area (Å²) in [5, 5.41) is 13.7. The van der Waals surface area contributed by atoms with E-state index in [4.69, 9.17) is 4.74 Å². The van der Waals surface area contributed by atoms with Gasteiger partial charge in [0.25, 0.3) is 11.6 Å². The second kappa shape index (κ2) is 8.42. The minimum Gasteiger partial charge on any atom is -0.497 e. The van der Waals surface area contributed by atoms with Gasteiger partial charge in [0.15, 0.2) is 0 Å². The number of nitro benzene ring substituents is 1. The number of rotatable bonds is 7. The molecule has 0 heterocycles. The third kappa shape index (κ3) is 4.78. The molecule has 0 saturated carbocycles. The van der Waals surface area contributed by atoms with Crippen LogP contribution in [0.4, 0.5) is 10.1 Å². The number of hydrogen-bond acceptors (Lipinski definition) is 4. The Balaban J connectivity index is 1.99. The Morgan fingerprint density at radius 1 is 1.31 bits per heavy atom. The van der Waals surface area contributed by atoms with Crippen LogP contribution in [0.15, 0.2) is 36.4 Å². The van der Waals surface area contributed by atoms with Gasteiger partial charge in [0.1, 0.15) is 11.6 Å². The standard InChI is InChI=1S/C19H21FN2O4/c1-12(4-5-14-6-8-16(26-3)9-7-14)21-19(23)15-10-17(20)13(2)18(11-15)22(24)25/h6-12H,4-5H2,1-3H3,(H,21,23). The first kappa shape index (κ1) is 19.4. The summed E-state index contributed by atoms with van der Waals surface area (Å²) in [6.45, 7) is 3.15. The predicted molar refractivity (Wildman–Crippen MR) is 96.0 cm³/mol. The van der Waals surface area contributed by atoms with Gasteiger partial charge in [-0.1, -0.05) is 12.1 Å². The van der Waals surface area contributed by atoms with Crippen molar-refractivity contribution in [1.82, 2.24) is 5.32 Å². The maximum atomic E-state index is 13.8. The smallest absolute Gasteiger partial charge is 0.276 e. The summed E-state index contributed by atoms with van der Waals surface area (Å²) in [5.74, 6) is -0.525. The Hall–Kier alpha value is -2.96. The summed E-state index contributed by atoms with van der Waals surface area (Å²) < 4.78 is 18.9. The monoisotopic (exact) mass is 360 g/mol. The topological polar surface area (TPSA) is 81.5 Å². The lowest BCUT2D eigenvalue weighted by atomic mass is 10.0. The quantitative estimate of drug-likeness (QED) is 0.601. The zero-order valence-electron chi connectivity index (χ0n) is 14.9. The van der Waals surface area contributed by atoms with Gasteiger partial charge in [-0.15, -0.1) is 0 Å². The van der Waals surface area contributed by atoms with Crippen molar-refractivity contribution < 1.29 is 18.8 Å². The summed E-state index contributed by atoms with van der Waals surface area (Å²) >= 11 is 0. The van der Waals surface area contributed by atoms with Crippen LogP contribution in [0.3, 0.4) is 0 Å². The molecule has 0 radical (unpaired) electrons. The van der Waals surface area contributed by atoms with Crippen molar-refractivity contribution in [2.45, 2.75) is 32.7 Å². The maximum Gasteiger partial charge on any atom is 0.276 e. The van der Waals surface area contributed by atoms with Gasteiger partial charge >= 0.3 is 0 Å². The maximum absolute atomic E-state index is 13.8. The number of nitrogens with zero attached hydrogens (tertiary/aromatic N) is 1. The first-order chi connectivity index (χ1) is 12.3. The van der Waals surface area contributed by atoms with Gasteiger partial charge in [-0.2, -0.15) is 0 Å². The van der Waals surface area contributed by atoms with E-state index in [1.54, 1.807) is 7.11 Å². The highest BCUT2D eigenvalue weighted by Crippen LogP contribution is 2.23. The molecule has 1 unspecified atom stereocenters. The molecule has 1 amide bonds. The molecule has 0 bridgehead atoms. The van der Waals surface area contributed by atoms with Gasteiger partial charge in [0.05, 0.1) is 17.6 Å². The molecule has 7 heteroatoms. The lowest BCUT2D eigenvalue weighted by molar-refractivity contribution is -0.385. The van der Waals surface area contributed by atoms with Crippen LogP contribution < -0.4 is 10.1 Å². The third-order valence-electron chi connectivity index (χ3n) is 4.18. The average molecular weight is 360 g/mol. The molecule has 138 valence electrons. The molecular weight excluding hydrogens is 339 g/mol. The first-order valence-corrected chi connectivity index (χ1v) is 8.20. The van der Waals surface area contributed by atoms with Gasteiger partial charge in [0, 0.05) is 17.7 Å². The molecule has 0 aliphatic heterocycles. The molecule has 1 atom stereocenters. The molecular formula is C19H21FN2O4. The molecule has 0 fully saturated rings. The number of nitrogens with one attached hydrogen (secondary N) is 1. The van der Waals surface area contributed by atoms with Crippen LogP contribution >= 0.6 is 0 Å². The van der Waals surface area contributed by atoms with E-state index in [2.05, 4.69) is 5.32 Å². The molecule has 0 spiro atoms. The average Bonchev–Trinajstić information content (AvgIpc) is 2.62. The number of aryl methyl sites for hydroxylation is 1. The number of nitro groups is 1. The molecule has 0 saturated heterocycles. The fourth-order valence-corrected chi connectivity index (χ4v) is 2.54. The van der Waals surface area contributed by atoms with Crippen molar-refractivity contribution in [2.75, 3.05) is 7.11 Å². The fraction of sp³-hybridized carbons (Fsp3) is 0.316. The molecule has 0 aliphatic rings. The second-order valence-corrected chi connectivity index (χ2v) is 6.12.